The molecule has 0 bridgehead atoms. The Morgan fingerprint density at radius 1 is 0.895 bits per heavy atom. The summed E-state index contributed by atoms with van der Waals surface area (Å²) in [7, 11) is 0. The summed E-state index contributed by atoms with van der Waals surface area (Å²) in [5.74, 6) is -4.22. The number of halogens is 2. The first kappa shape index (κ1) is 26.9. The van der Waals surface area contributed by atoms with Crippen molar-refractivity contribution in [2.24, 2.45) is 0 Å². The van der Waals surface area contributed by atoms with Crippen molar-refractivity contribution in [2.45, 2.75) is 49.9 Å². The first-order valence-corrected chi connectivity index (χ1v) is 12.4. The van der Waals surface area contributed by atoms with E-state index in [0.717, 1.165) is 23.3 Å². The van der Waals surface area contributed by atoms with Gasteiger partial charge in [-0.1, -0.05) is 60.7 Å². The third-order valence-corrected chi connectivity index (χ3v) is 6.70. The summed E-state index contributed by atoms with van der Waals surface area (Å²) in [4.78, 5) is 39.0. The van der Waals surface area contributed by atoms with E-state index in [1.54, 1.807) is 0 Å². The number of amides is 3. The van der Waals surface area contributed by atoms with Crippen molar-refractivity contribution >= 4 is 17.7 Å². The first-order chi connectivity index (χ1) is 18.2. The number of carbonyl (C=O) groups excluding carboxylic acids is 3. The standard InChI is InChI=1S/C29H29F2N3O4/c1-17(32-29(38)26(35)20-14-21(30)16-22(31)15-20)27(36)34-25-23(18-8-4-2-5-9-18)12-13-24(33-28(25)37)19-10-6-3-7-11-19/h2-11,14-17,23-26,35H,12-13H2,1H3,(H,32,38)(H,33,37)(H,34,36)/t17-,23+,24+,25-,26-/m0/s1. The Kier molecular flexibility index (Phi) is 8.48. The van der Waals surface area contributed by atoms with Crippen molar-refractivity contribution in [3.05, 3.63) is 107 Å². The van der Waals surface area contributed by atoms with Gasteiger partial charge in [-0.05, 0) is 48.6 Å². The summed E-state index contributed by atoms with van der Waals surface area (Å²) < 4.78 is 27.0. The summed E-state index contributed by atoms with van der Waals surface area (Å²) >= 11 is 0. The largest absolute Gasteiger partial charge is 0.378 e. The van der Waals surface area contributed by atoms with E-state index in [-0.39, 0.29) is 23.4 Å². The fraction of sp³-hybridized carbons (Fsp3) is 0.276. The van der Waals surface area contributed by atoms with E-state index in [0.29, 0.717) is 18.9 Å². The van der Waals surface area contributed by atoms with Crippen LogP contribution in [0.5, 0.6) is 0 Å². The van der Waals surface area contributed by atoms with Gasteiger partial charge in [0.1, 0.15) is 23.7 Å². The molecule has 0 unspecified atom stereocenters. The summed E-state index contributed by atoms with van der Waals surface area (Å²) in [6.07, 6.45) is -0.623. The van der Waals surface area contributed by atoms with Crippen LogP contribution in [0.3, 0.4) is 0 Å². The van der Waals surface area contributed by atoms with E-state index in [4.69, 9.17) is 0 Å². The lowest BCUT2D eigenvalue weighted by molar-refractivity contribution is -0.135. The van der Waals surface area contributed by atoms with Gasteiger partial charge in [-0.15, -0.1) is 0 Å². The molecule has 3 aromatic carbocycles. The molecule has 0 spiro atoms. The number of benzene rings is 3. The molecule has 4 rings (SSSR count). The van der Waals surface area contributed by atoms with Gasteiger partial charge < -0.3 is 21.1 Å². The third kappa shape index (κ3) is 6.41. The van der Waals surface area contributed by atoms with E-state index in [9.17, 15) is 28.3 Å². The lowest BCUT2D eigenvalue weighted by atomic mass is 9.86. The van der Waals surface area contributed by atoms with Gasteiger partial charge in [0.2, 0.25) is 11.8 Å². The smallest absolute Gasteiger partial charge is 0.254 e. The minimum atomic E-state index is -1.89. The summed E-state index contributed by atoms with van der Waals surface area (Å²) in [5, 5.41) is 18.4. The molecule has 198 valence electrons. The molecule has 7 nitrogen and oxygen atoms in total. The van der Waals surface area contributed by atoms with Crippen LogP contribution in [0.1, 0.15) is 54.5 Å². The van der Waals surface area contributed by atoms with Crippen molar-refractivity contribution in [1.29, 1.82) is 0 Å². The average molecular weight is 522 g/mol. The number of carbonyl (C=O) groups is 3. The number of hydrogen-bond acceptors (Lipinski definition) is 4. The summed E-state index contributed by atoms with van der Waals surface area (Å²) in [6, 6.07) is 19.0. The highest BCUT2D eigenvalue weighted by Gasteiger charge is 2.37. The maximum Gasteiger partial charge on any atom is 0.254 e. The molecular weight excluding hydrogens is 492 g/mol. The van der Waals surface area contributed by atoms with Crippen LogP contribution in [-0.4, -0.2) is 34.9 Å². The SMILES string of the molecule is C[C@H](NC(=O)[C@@H](O)c1cc(F)cc(F)c1)C(=O)N[C@@H]1C(=O)N[C@@H](c2ccccc2)CC[C@@H]1c1ccccc1. The Hall–Kier alpha value is -4.11. The highest BCUT2D eigenvalue weighted by molar-refractivity contribution is 5.93. The lowest BCUT2D eigenvalue weighted by Gasteiger charge is -2.27. The minimum Gasteiger partial charge on any atom is -0.378 e. The van der Waals surface area contributed by atoms with Gasteiger partial charge in [0.15, 0.2) is 6.10 Å². The zero-order chi connectivity index (χ0) is 27.2. The van der Waals surface area contributed by atoms with Crippen LogP contribution in [0.15, 0.2) is 78.9 Å². The van der Waals surface area contributed by atoms with Crippen LogP contribution in [-0.2, 0) is 14.4 Å². The normalized spacial score (nSPS) is 20.9. The van der Waals surface area contributed by atoms with Gasteiger partial charge in [0.25, 0.3) is 5.91 Å². The van der Waals surface area contributed by atoms with Gasteiger partial charge in [-0.25, -0.2) is 8.78 Å². The molecule has 4 N–H and O–H groups in total. The molecule has 1 fully saturated rings. The molecule has 1 saturated heterocycles. The molecule has 0 aliphatic carbocycles. The van der Waals surface area contributed by atoms with Gasteiger partial charge in [-0.3, -0.25) is 14.4 Å². The number of rotatable bonds is 7. The molecule has 0 aromatic heterocycles. The Bertz CT molecular complexity index is 1270. The molecule has 1 heterocycles. The summed E-state index contributed by atoms with van der Waals surface area (Å²) in [5.41, 5.74) is 1.57. The fourth-order valence-corrected chi connectivity index (χ4v) is 4.71. The van der Waals surface area contributed by atoms with Crippen LogP contribution >= 0.6 is 0 Å². The van der Waals surface area contributed by atoms with Gasteiger partial charge >= 0.3 is 0 Å². The van der Waals surface area contributed by atoms with Crippen molar-refractivity contribution in [1.82, 2.24) is 16.0 Å². The fourth-order valence-electron chi connectivity index (χ4n) is 4.71. The van der Waals surface area contributed by atoms with E-state index in [2.05, 4.69) is 16.0 Å². The second-order valence-electron chi connectivity index (χ2n) is 9.39. The molecule has 0 radical (unpaired) electrons. The molecule has 0 saturated carbocycles. The van der Waals surface area contributed by atoms with Crippen LogP contribution in [0, 0.1) is 11.6 Å². The van der Waals surface area contributed by atoms with Crippen molar-refractivity contribution < 1.29 is 28.3 Å². The van der Waals surface area contributed by atoms with Crippen LogP contribution in [0.25, 0.3) is 0 Å². The van der Waals surface area contributed by atoms with Crippen molar-refractivity contribution in [2.75, 3.05) is 0 Å². The quantitative estimate of drug-likeness (QED) is 0.382. The third-order valence-electron chi connectivity index (χ3n) is 6.70. The summed E-state index contributed by atoms with van der Waals surface area (Å²) in [6.45, 7) is 1.39. The predicted octanol–water partition coefficient (Wildman–Crippen LogP) is 3.42. The van der Waals surface area contributed by atoms with Crippen LogP contribution in [0.4, 0.5) is 8.78 Å². The molecule has 1 aliphatic heterocycles. The Morgan fingerprint density at radius 2 is 1.47 bits per heavy atom. The van der Waals surface area contributed by atoms with E-state index >= 15 is 0 Å². The maximum atomic E-state index is 13.5. The maximum absolute atomic E-state index is 13.5. The minimum absolute atomic E-state index is 0.226. The second-order valence-corrected chi connectivity index (χ2v) is 9.39. The predicted molar refractivity (Wildman–Crippen MR) is 137 cm³/mol. The lowest BCUT2D eigenvalue weighted by Crippen LogP contribution is -2.54. The van der Waals surface area contributed by atoms with Crippen molar-refractivity contribution in [3.63, 3.8) is 0 Å². The topological polar surface area (TPSA) is 108 Å². The molecular formula is C29H29F2N3O4. The highest BCUT2D eigenvalue weighted by atomic mass is 19.1. The second kappa shape index (κ2) is 12.0. The number of aliphatic hydroxyl groups is 1. The number of hydrogen-bond donors (Lipinski definition) is 4. The first-order valence-electron chi connectivity index (χ1n) is 12.4. The van der Waals surface area contributed by atoms with Crippen molar-refractivity contribution in [3.8, 4) is 0 Å². The Balaban J connectivity index is 1.49. The highest BCUT2D eigenvalue weighted by Crippen LogP contribution is 2.33. The monoisotopic (exact) mass is 521 g/mol. The van der Waals surface area contributed by atoms with E-state index < -0.39 is 41.6 Å². The average Bonchev–Trinajstić information content (AvgIpc) is 3.07. The van der Waals surface area contributed by atoms with Gasteiger partial charge in [-0.2, -0.15) is 0 Å². The number of aliphatic hydroxyl groups excluding tert-OH is 1. The van der Waals surface area contributed by atoms with E-state index in [1.807, 2.05) is 60.7 Å². The molecule has 1 aliphatic rings. The molecule has 5 atom stereocenters. The molecule has 38 heavy (non-hydrogen) atoms. The van der Waals surface area contributed by atoms with Crippen LogP contribution in [0.2, 0.25) is 0 Å². The Labute approximate surface area is 219 Å². The molecule has 3 aromatic rings. The van der Waals surface area contributed by atoms with Crippen LogP contribution < -0.4 is 16.0 Å². The zero-order valence-electron chi connectivity index (χ0n) is 20.7. The van der Waals surface area contributed by atoms with Gasteiger partial charge in [0, 0.05) is 12.0 Å². The van der Waals surface area contributed by atoms with Gasteiger partial charge in [0.05, 0.1) is 6.04 Å². The molecule has 9 heteroatoms. The van der Waals surface area contributed by atoms with E-state index in [1.165, 1.54) is 6.92 Å². The molecule has 3 amide bonds. The Morgan fingerprint density at radius 3 is 2.08 bits per heavy atom. The zero-order valence-corrected chi connectivity index (χ0v) is 20.7. The number of nitrogens with one attached hydrogen (secondary N) is 3.